The Bertz CT molecular complexity index is 559. The fourth-order valence-electron chi connectivity index (χ4n) is 3.28. The van der Waals surface area contributed by atoms with Gasteiger partial charge in [-0.25, -0.2) is 0 Å². The van der Waals surface area contributed by atoms with Crippen molar-refractivity contribution in [2.75, 3.05) is 0 Å². The summed E-state index contributed by atoms with van der Waals surface area (Å²) in [6.07, 6.45) is 6.37. The van der Waals surface area contributed by atoms with Gasteiger partial charge in [-0.05, 0) is 18.4 Å². The van der Waals surface area contributed by atoms with Gasteiger partial charge >= 0.3 is 0 Å². The van der Waals surface area contributed by atoms with E-state index in [1.807, 2.05) is 13.2 Å². The van der Waals surface area contributed by atoms with Crippen molar-refractivity contribution < 1.29 is 0 Å². The van der Waals surface area contributed by atoms with E-state index in [9.17, 15) is 0 Å². The molecule has 1 saturated carbocycles. The van der Waals surface area contributed by atoms with Crippen molar-refractivity contribution in [3.63, 3.8) is 0 Å². The molecule has 1 aliphatic carbocycles. The molecule has 1 fully saturated rings. The first kappa shape index (κ1) is 13.3. The van der Waals surface area contributed by atoms with Crippen LogP contribution in [-0.4, -0.2) is 21.0 Å². The third-order valence-corrected chi connectivity index (χ3v) is 4.53. The third kappa shape index (κ3) is 2.23. The van der Waals surface area contributed by atoms with E-state index < -0.39 is 0 Å². The number of aromatic nitrogens is 3. The summed E-state index contributed by atoms with van der Waals surface area (Å²) in [4.78, 5) is 0. The number of benzene rings is 1. The van der Waals surface area contributed by atoms with E-state index in [0.717, 1.165) is 12.1 Å². The van der Waals surface area contributed by atoms with E-state index >= 15 is 0 Å². The van der Waals surface area contributed by atoms with Gasteiger partial charge in [-0.15, -0.1) is 5.10 Å². The normalized spacial score (nSPS) is 18.5. The topological polar surface area (TPSA) is 68.8 Å². The minimum atomic E-state index is 0.132. The number of hydrazine groups is 1. The molecule has 1 atom stereocenters. The molecule has 3 N–H and O–H groups in total. The van der Waals surface area contributed by atoms with Gasteiger partial charge in [0.25, 0.3) is 0 Å². The zero-order valence-electron chi connectivity index (χ0n) is 11.8. The lowest BCUT2D eigenvalue weighted by molar-refractivity contribution is 0.167. The van der Waals surface area contributed by atoms with Crippen LogP contribution in [0.5, 0.6) is 0 Å². The molecule has 5 nitrogen and oxygen atoms in total. The largest absolute Gasteiger partial charge is 0.271 e. The van der Waals surface area contributed by atoms with Gasteiger partial charge in [0.15, 0.2) is 0 Å². The summed E-state index contributed by atoms with van der Waals surface area (Å²) in [5, 5.41) is 8.19. The van der Waals surface area contributed by atoms with Crippen molar-refractivity contribution in [3.05, 3.63) is 47.8 Å². The maximum atomic E-state index is 5.86. The van der Waals surface area contributed by atoms with Crippen molar-refractivity contribution in [1.29, 1.82) is 0 Å². The fourth-order valence-corrected chi connectivity index (χ4v) is 3.28. The predicted molar refractivity (Wildman–Crippen MR) is 77.8 cm³/mol. The summed E-state index contributed by atoms with van der Waals surface area (Å²) < 4.78 is 1.73. The maximum Gasteiger partial charge on any atom is 0.0843 e. The molecule has 0 aliphatic heterocycles. The highest BCUT2D eigenvalue weighted by atomic mass is 15.4. The molecule has 1 aromatic heterocycles. The molecular weight excluding hydrogens is 250 g/mol. The Kier molecular flexibility index (Phi) is 3.54. The van der Waals surface area contributed by atoms with Crippen LogP contribution in [-0.2, 0) is 18.9 Å². The van der Waals surface area contributed by atoms with Crippen LogP contribution in [0.4, 0.5) is 0 Å². The second-order valence-electron chi connectivity index (χ2n) is 5.68. The SMILES string of the molecule is Cn1cc(CC(NN)C2(c3ccccc3)CCC2)nn1. The highest BCUT2D eigenvalue weighted by Gasteiger charge is 2.45. The van der Waals surface area contributed by atoms with E-state index in [-0.39, 0.29) is 11.5 Å². The van der Waals surface area contributed by atoms with Crippen LogP contribution >= 0.6 is 0 Å². The van der Waals surface area contributed by atoms with E-state index in [2.05, 4.69) is 46.1 Å². The molecule has 0 spiro atoms. The summed E-state index contributed by atoms with van der Waals surface area (Å²) in [7, 11) is 1.89. The van der Waals surface area contributed by atoms with Crippen molar-refractivity contribution >= 4 is 0 Å². The van der Waals surface area contributed by atoms with Crippen LogP contribution in [0.15, 0.2) is 36.5 Å². The molecule has 1 heterocycles. The zero-order valence-corrected chi connectivity index (χ0v) is 11.8. The average Bonchev–Trinajstić information content (AvgIpc) is 2.83. The Morgan fingerprint density at radius 1 is 1.35 bits per heavy atom. The van der Waals surface area contributed by atoms with Gasteiger partial charge in [0.2, 0.25) is 0 Å². The first-order valence-electron chi connectivity index (χ1n) is 7.11. The molecule has 1 unspecified atom stereocenters. The van der Waals surface area contributed by atoms with Gasteiger partial charge in [0.05, 0.1) is 5.69 Å². The minimum Gasteiger partial charge on any atom is -0.271 e. The Labute approximate surface area is 119 Å². The Morgan fingerprint density at radius 2 is 2.10 bits per heavy atom. The molecule has 3 rings (SSSR count). The Morgan fingerprint density at radius 3 is 2.60 bits per heavy atom. The van der Waals surface area contributed by atoms with Crippen molar-refractivity contribution in [3.8, 4) is 0 Å². The lowest BCUT2D eigenvalue weighted by atomic mass is 9.59. The maximum absolute atomic E-state index is 5.86. The monoisotopic (exact) mass is 271 g/mol. The third-order valence-electron chi connectivity index (χ3n) is 4.53. The van der Waals surface area contributed by atoms with Crippen molar-refractivity contribution in [1.82, 2.24) is 20.4 Å². The number of rotatable bonds is 5. The highest BCUT2D eigenvalue weighted by molar-refractivity contribution is 5.31. The Hall–Kier alpha value is -1.72. The molecule has 0 radical (unpaired) electrons. The van der Waals surface area contributed by atoms with Gasteiger partial charge in [-0.1, -0.05) is 42.0 Å². The zero-order chi connectivity index (χ0) is 14.0. The van der Waals surface area contributed by atoms with Crippen LogP contribution in [0.2, 0.25) is 0 Å². The lowest BCUT2D eigenvalue weighted by Crippen LogP contribution is -2.56. The molecule has 0 bridgehead atoms. The molecular formula is C15H21N5. The van der Waals surface area contributed by atoms with Crippen LogP contribution in [0.1, 0.15) is 30.5 Å². The highest BCUT2D eigenvalue weighted by Crippen LogP contribution is 2.46. The lowest BCUT2D eigenvalue weighted by Gasteiger charge is -2.48. The Balaban J connectivity index is 1.86. The minimum absolute atomic E-state index is 0.132. The van der Waals surface area contributed by atoms with Crippen molar-refractivity contribution in [2.45, 2.75) is 37.1 Å². The van der Waals surface area contributed by atoms with E-state index in [0.29, 0.717) is 0 Å². The summed E-state index contributed by atoms with van der Waals surface area (Å²) in [6.45, 7) is 0. The van der Waals surface area contributed by atoms with Crippen LogP contribution in [0, 0.1) is 0 Å². The molecule has 1 aliphatic rings. The number of hydrogen-bond donors (Lipinski definition) is 2. The summed E-state index contributed by atoms with van der Waals surface area (Å²) in [5.41, 5.74) is 5.51. The van der Waals surface area contributed by atoms with E-state index in [1.165, 1.54) is 24.8 Å². The number of hydrogen-bond acceptors (Lipinski definition) is 4. The number of aryl methyl sites for hydroxylation is 1. The first-order chi connectivity index (χ1) is 9.74. The van der Waals surface area contributed by atoms with Crippen LogP contribution in [0.3, 0.4) is 0 Å². The second-order valence-corrected chi connectivity index (χ2v) is 5.68. The van der Waals surface area contributed by atoms with Crippen LogP contribution < -0.4 is 11.3 Å². The first-order valence-corrected chi connectivity index (χ1v) is 7.11. The van der Waals surface area contributed by atoms with Gasteiger partial charge in [-0.2, -0.15) is 0 Å². The van der Waals surface area contributed by atoms with E-state index in [1.54, 1.807) is 4.68 Å². The quantitative estimate of drug-likeness (QED) is 0.635. The van der Waals surface area contributed by atoms with Gasteiger partial charge < -0.3 is 0 Å². The summed E-state index contributed by atoms with van der Waals surface area (Å²) in [5.74, 6) is 5.86. The second kappa shape index (κ2) is 5.34. The number of nitrogens with one attached hydrogen (secondary N) is 1. The van der Waals surface area contributed by atoms with Crippen LogP contribution in [0.25, 0.3) is 0 Å². The molecule has 20 heavy (non-hydrogen) atoms. The summed E-state index contributed by atoms with van der Waals surface area (Å²) >= 11 is 0. The standard InChI is InChI=1S/C15H21N5/c1-20-11-13(18-19-20)10-14(17-16)15(8-5-9-15)12-6-3-2-4-7-12/h2-4,6-7,11,14,17H,5,8-10,16H2,1H3. The average molecular weight is 271 g/mol. The van der Waals surface area contributed by atoms with Gasteiger partial charge in [-0.3, -0.25) is 16.0 Å². The molecule has 2 aromatic rings. The van der Waals surface area contributed by atoms with Gasteiger partial charge in [0.1, 0.15) is 0 Å². The summed E-state index contributed by atoms with van der Waals surface area (Å²) in [6, 6.07) is 10.9. The molecule has 0 amide bonds. The number of nitrogens with two attached hydrogens (primary N) is 1. The van der Waals surface area contributed by atoms with E-state index in [4.69, 9.17) is 5.84 Å². The smallest absolute Gasteiger partial charge is 0.0843 e. The molecule has 5 heteroatoms. The van der Waals surface area contributed by atoms with Gasteiger partial charge in [0, 0.05) is 31.1 Å². The number of nitrogens with zero attached hydrogens (tertiary/aromatic N) is 3. The molecule has 0 saturated heterocycles. The predicted octanol–water partition coefficient (Wildman–Crippen LogP) is 1.31. The molecule has 1 aromatic carbocycles. The molecule has 106 valence electrons. The van der Waals surface area contributed by atoms with Crippen molar-refractivity contribution in [2.24, 2.45) is 12.9 Å². The fraction of sp³-hybridized carbons (Fsp3) is 0.467.